The van der Waals surface area contributed by atoms with Crippen LogP contribution in [0.5, 0.6) is 0 Å². The molecule has 0 bridgehead atoms. The molecular weight excluding hydrogens is 475 g/mol. The summed E-state index contributed by atoms with van der Waals surface area (Å²) in [5.74, 6) is 1.67. The van der Waals surface area contributed by atoms with Gasteiger partial charge in [0.05, 0.1) is 19.8 Å². The number of likely N-dealkylation sites (tertiary alicyclic amines) is 1. The maximum atomic E-state index is 5.97. The van der Waals surface area contributed by atoms with Crippen LogP contribution in [-0.2, 0) is 11.3 Å². The van der Waals surface area contributed by atoms with Crippen molar-refractivity contribution in [1.29, 1.82) is 0 Å². The number of hydrogen-bond donors (Lipinski definition) is 1. The molecule has 0 aromatic heterocycles. The first-order valence-corrected chi connectivity index (χ1v) is 11.1. The number of ether oxygens (including phenoxy) is 1. The van der Waals surface area contributed by atoms with Crippen LogP contribution in [0.4, 0.5) is 0 Å². The number of rotatable bonds is 10. The Morgan fingerprint density at radius 2 is 2.00 bits per heavy atom. The number of benzene rings is 1. The third kappa shape index (κ3) is 8.06. The standard InChI is InChI=1S/C23H38N4O.HI/c1-4-24-23(25-13-15-27(19(2)3)22-10-11-22)26-14-12-21(16-26)18-28-17-20-8-6-5-7-9-20;/h5-9,19,21-22H,4,10-18H2,1-3H3,(H,24,25);1H. The SMILES string of the molecule is CCNC(=NCCN(C(C)C)C1CC1)N1CCC(COCc2ccccc2)C1.I. The molecule has 1 heterocycles. The van der Waals surface area contributed by atoms with Crippen molar-refractivity contribution >= 4 is 29.9 Å². The second kappa shape index (κ2) is 12.7. The van der Waals surface area contributed by atoms with Crippen LogP contribution >= 0.6 is 24.0 Å². The smallest absolute Gasteiger partial charge is 0.193 e. The monoisotopic (exact) mass is 514 g/mol. The number of halogens is 1. The van der Waals surface area contributed by atoms with E-state index in [1.807, 2.05) is 6.07 Å². The first-order chi connectivity index (χ1) is 13.7. The lowest BCUT2D eigenvalue weighted by molar-refractivity contribution is 0.0906. The van der Waals surface area contributed by atoms with Crippen molar-refractivity contribution in [1.82, 2.24) is 15.1 Å². The molecule has 2 aliphatic rings. The highest BCUT2D eigenvalue weighted by atomic mass is 127. The van der Waals surface area contributed by atoms with Crippen LogP contribution in [0, 0.1) is 5.92 Å². The molecule has 1 saturated heterocycles. The summed E-state index contributed by atoms with van der Waals surface area (Å²) in [6, 6.07) is 11.8. The fourth-order valence-electron chi connectivity index (χ4n) is 4.04. The summed E-state index contributed by atoms with van der Waals surface area (Å²) in [6.07, 6.45) is 3.90. The topological polar surface area (TPSA) is 40.1 Å². The van der Waals surface area contributed by atoms with E-state index in [-0.39, 0.29) is 24.0 Å². The zero-order chi connectivity index (χ0) is 19.8. The molecule has 3 rings (SSSR count). The van der Waals surface area contributed by atoms with Gasteiger partial charge in [-0.1, -0.05) is 30.3 Å². The summed E-state index contributed by atoms with van der Waals surface area (Å²) in [5, 5.41) is 3.49. The van der Waals surface area contributed by atoms with Crippen LogP contribution in [0.1, 0.15) is 45.6 Å². The molecule has 1 aromatic rings. The molecule has 0 amide bonds. The van der Waals surface area contributed by atoms with Gasteiger partial charge in [-0.3, -0.25) is 9.89 Å². The second-order valence-electron chi connectivity index (χ2n) is 8.40. The van der Waals surface area contributed by atoms with Gasteiger partial charge in [-0.2, -0.15) is 0 Å². The normalized spacial score (nSPS) is 19.7. The van der Waals surface area contributed by atoms with Crippen LogP contribution in [0.15, 0.2) is 35.3 Å². The van der Waals surface area contributed by atoms with E-state index in [0.717, 1.165) is 51.3 Å². The lowest BCUT2D eigenvalue weighted by atomic mass is 10.1. The van der Waals surface area contributed by atoms with Crippen LogP contribution < -0.4 is 5.32 Å². The molecule has 1 aliphatic heterocycles. The minimum Gasteiger partial charge on any atom is -0.376 e. The maximum absolute atomic E-state index is 5.97. The van der Waals surface area contributed by atoms with Gasteiger partial charge < -0.3 is 15.0 Å². The van der Waals surface area contributed by atoms with Gasteiger partial charge in [0.25, 0.3) is 0 Å². The Bertz CT molecular complexity index is 604. The highest BCUT2D eigenvalue weighted by Crippen LogP contribution is 2.28. The van der Waals surface area contributed by atoms with E-state index in [4.69, 9.17) is 9.73 Å². The zero-order valence-corrected chi connectivity index (χ0v) is 20.7. The molecule has 0 spiro atoms. The maximum Gasteiger partial charge on any atom is 0.193 e. The van der Waals surface area contributed by atoms with Crippen LogP contribution in [0.2, 0.25) is 0 Å². The highest BCUT2D eigenvalue weighted by molar-refractivity contribution is 14.0. The number of nitrogens with zero attached hydrogens (tertiary/aromatic N) is 3. The molecule has 1 saturated carbocycles. The van der Waals surface area contributed by atoms with Crippen LogP contribution in [-0.4, -0.2) is 67.2 Å². The average molecular weight is 514 g/mol. The Balaban J connectivity index is 0.00000300. The molecule has 2 fully saturated rings. The van der Waals surface area contributed by atoms with E-state index in [0.29, 0.717) is 18.6 Å². The molecule has 1 N–H and O–H groups in total. The Hall–Kier alpha value is -0.860. The van der Waals surface area contributed by atoms with E-state index in [9.17, 15) is 0 Å². The lowest BCUT2D eigenvalue weighted by Gasteiger charge is -2.26. The summed E-state index contributed by atoms with van der Waals surface area (Å²) in [6.45, 7) is 13.3. The number of aliphatic imine (C=N–C) groups is 1. The van der Waals surface area contributed by atoms with Crippen molar-refractivity contribution in [2.75, 3.05) is 39.3 Å². The third-order valence-corrected chi connectivity index (χ3v) is 5.68. The fourth-order valence-corrected chi connectivity index (χ4v) is 4.04. The van der Waals surface area contributed by atoms with Gasteiger partial charge >= 0.3 is 0 Å². The minimum absolute atomic E-state index is 0. The summed E-state index contributed by atoms with van der Waals surface area (Å²) in [4.78, 5) is 9.96. The van der Waals surface area contributed by atoms with Crippen molar-refractivity contribution < 1.29 is 4.74 Å². The molecule has 0 radical (unpaired) electrons. The minimum atomic E-state index is 0. The number of nitrogens with one attached hydrogen (secondary N) is 1. The van der Waals surface area contributed by atoms with Crippen molar-refractivity contribution in [3.05, 3.63) is 35.9 Å². The Morgan fingerprint density at radius 3 is 2.66 bits per heavy atom. The van der Waals surface area contributed by atoms with Crippen molar-refractivity contribution in [2.45, 2.75) is 58.7 Å². The molecule has 164 valence electrons. The van der Waals surface area contributed by atoms with E-state index in [1.54, 1.807) is 0 Å². The van der Waals surface area contributed by atoms with E-state index < -0.39 is 0 Å². The van der Waals surface area contributed by atoms with Crippen LogP contribution in [0.25, 0.3) is 0 Å². The van der Waals surface area contributed by atoms with Gasteiger partial charge in [0.15, 0.2) is 5.96 Å². The van der Waals surface area contributed by atoms with Gasteiger partial charge in [0.2, 0.25) is 0 Å². The molecular formula is C23H39IN4O. The Labute approximate surface area is 194 Å². The van der Waals surface area contributed by atoms with Crippen LogP contribution in [0.3, 0.4) is 0 Å². The van der Waals surface area contributed by atoms with Crippen molar-refractivity contribution in [3.63, 3.8) is 0 Å². The quantitative estimate of drug-likeness (QED) is 0.291. The number of hydrogen-bond acceptors (Lipinski definition) is 3. The Kier molecular flexibility index (Phi) is 10.7. The molecule has 5 nitrogen and oxygen atoms in total. The highest BCUT2D eigenvalue weighted by Gasteiger charge is 2.30. The molecule has 1 aromatic carbocycles. The second-order valence-corrected chi connectivity index (χ2v) is 8.40. The summed E-state index contributed by atoms with van der Waals surface area (Å²) in [5.41, 5.74) is 1.25. The Morgan fingerprint density at radius 1 is 1.24 bits per heavy atom. The van der Waals surface area contributed by atoms with E-state index in [2.05, 4.69) is 60.2 Å². The predicted molar refractivity (Wildman–Crippen MR) is 132 cm³/mol. The molecule has 1 unspecified atom stereocenters. The molecule has 6 heteroatoms. The van der Waals surface area contributed by atoms with Crippen molar-refractivity contribution in [3.8, 4) is 0 Å². The first kappa shape index (κ1) is 24.4. The number of guanidine groups is 1. The molecule has 29 heavy (non-hydrogen) atoms. The van der Waals surface area contributed by atoms with E-state index in [1.165, 1.54) is 24.8 Å². The largest absolute Gasteiger partial charge is 0.376 e. The van der Waals surface area contributed by atoms with Gasteiger partial charge in [-0.05, 0) is 45.6 Å². The third-order valence-electron chi connectivity index (χ3n) is 5.68. The fraction of sp³-hybridized carbons (Fsp3) is 0.696. The predicted octanol–water partition coefficient (Wildman–Crippen LogP) is 3.98. The van der Waals surface area contributed by atoms with Gasteiger partial charge in [0.1, 0.15) is 0 Å². The van der Waals surface area contributed by atoms with Gasteiger partial charge in [0, 0.05) is 44.2 Å². The lowest BCUT2D eigenvalue weighted by Crippen LogP contribution is -2.41. The zero-order valence-electron chi connectivity index (χ0n) is 18.3. The summed E-state index contributed by atoms with van der Waals surface area (Å²) >= 11 is 0. The summed E-state index contributed by atoms with van der Waals surface area (Å²) < 4.78 is 5.97. The van der Waals surface area contributed by atoms with Gasteiger partial charge in [-0.25, -0.2) is 0 Å². The molecule has 1 atom stereocenters. The van der Waals surface area contributed by atoms with Crippen molar-refractivity contribution in [2.24, 2.45) is 10.9 Å². The van der Waals surface area contributed by atoms with Gasteiger partial charge in [-0.15, -0.1) is 24.0 Å². The molecule has 1 aliphatic carbocycles. The van der Waals surface area contributed by atoms with E-state index >= 15 is 0 Å². The first-order valence-electron chi connectivity index (χ1n) is 11.1. The average Bonchev–Trinajstić information content (AvgIpc) is 3.42. The summed E-state index contributed by atoms with van der Waals surface area (Å²) in [7, 11) is 0.